The van der Waals surface area contributed by atoms with Gasteiger partial charge in [0, 0.05) is 31.6 Å². The average molecular weight is 275 g/mol. The van der Waals surface area contributed by atoms with Crippen molar-refractivity contribution in [2.45, 2.75) is 38.5 Å². The molecular weight excluding hydrogens is 254 g/mol. The second kappa shape index (κ2) is 7.20. The first-order valence-electron chi connectivity index (χ1n) is 7.23. The Morgan fingerprint density at radius 3 is 2.75 bits per heavy atom. The van der Waals surface area contributed by atoms with Gasteiger partial charge >= 0.3 is 0 Å². The molecule has 2 rings (SSSR count). The molecule has 0 fully saturated rings. The molecule has 0 heterocycles. The average Bonchev–Trinajstić information content (AvgIpc) is 2.92. The van der Waals surface area contributed by atoms with Crippen LogP contribution < -0.4 is 5.32 Å². The van der Waals surface area contributed by atoms with Crippen LogP contribution in [0, 0.1) is 0 Å². The summed E-state index contributed by atoms with van der Waals surface area (Å²) >= 11 is 0. The maximum atomic E-state index is 12.1. The highest BCUT2D eigenvalue weighted by Crippen LogP contribution is 2.23. The molecule has 4 nitrogen and oxygen atoms in total. The minimum absolute atomic E-state index is 0.0250. The number of aliphatic hydroxyl groups excluding tert-OH is 1. The zero-order chi connectivity index (χ0) is 14.4. The fraction of sp³-hybridized carbons (Fsp3) is 0.500. The van der Waals surface area contributed by atoms with Crippen LogP contribution in [0.5, 0.6) is 0 Å². The third-order valence-corrected chi connectivity index (χ3v) is 3.66. The molecule has 20 heavy (non-hydrogen) atoms. The minimum Gasteiger partial charge on any atom is -0.396 e. The number of rotatable bonds is 7. The molecule has 4 heteroatoms. The van der Waals surface area contributed by atoms with Gasteiger partial charge in [0.15, 0.2) is 5.78 Å². The number of aryl methyl sites for hydroxylation is 2. The van der Waals surface area contributed by atoms with Crippen LogP contribution in [-0.4, -0.2) is 29.9 Å². The predicted molar refractivity (Wildman–Crippen MR) is 76.7 cm³/mol. The highest BCUT2D eigenvalue weighted by atomic mass is 16.3. The molecule has 0 aromatic heterocycles. The van der Waals surface area contributed by atoms with Crippen molar-refractivity contribution < 1.29 is 14.7 Å². The summed E-state index contributed by atoms with van der Waals surface area (Å²) in [5, 5.41) is 11.3. The molecule has 108 valence electrons. The van der Waals surface area contributed by atoms with Gasteiger partial charge in [0.2, 0.25) is 5.91 Å². The van der Waals surface area contributed by atoms with Crippen LogP contribution in [0.15, 0.2) is 18.2 Å². The molecule has 0 radical (unpaired) electrons. The summed E-state index contributed by atoms with van der Waals surface area (Å²) in [4.78, 5) is 23.6. The number of carbonyl (C=O) groups excluding carboxylic acids is 2. The van der Waals surface area contributed by atoms with Crippen molar-refractivity contribution in [2.75, 3.05) is 13.2 Å². The number of benzene rings is 1. The lowest BCUT2D eigenvalue weighted by atomic mass is 10.0. The summed E-state index contributed by atoms with van der Waals surface area (Å²) in [6.45, 7) is 0.525. The van der Waals surface area contributed by atoms with E-state index in [1.165, 1.54) is 17.5 Å². The Hall–Kier alpha value is -1.68. The smallest absolute Gasteiger partial charge is 0.220 e. The quantitative estimate of drug-likeness (QED) is 0.587. The van der Waals surface area contributed by atoms with E-state index in [-0.39, 0.29) is 31.1 Å². The van der Waals surface area contributed by atoms with Crippen LogP contribution >= 0.6 is 0 Å². The molecule has 1 aromatic rings. The van der Waals surface area contributed by atoms with E-state index in [0.717, 1.165) is 12.8 Å². The van der Waals surface area contributed by atoms with E-state index in [1.54, 1.807) is 0 Å². The van der Waals surface area contributed by atoms with Crippen LogP contribution in [0.4, 0.5) is 0 Å². The van der Waals surface area contributed by atoms with Crippen LogP contribution in [0.2, 0.25) is 0 Å². The molecule has 1 aliphatic carbocycles. The molecule has 1 amide bonds. The fourth-order valence-electron chi connectivity index (χ4n) is 2.51. The molecule has 1 aromatic carbocycles. The normalized spacial score (nSPS) is 13.1. The zero-order valence-corrected chi connectivity index (χ0v) is 11.7. The second-order valence-corrected chi connectivity index (χ2v) is 5.19. The van der Waals surface area contributed by atoms with Gasteiger partial charge in [0.05, 0.1) is 0 Å². The Bertz CT molecular complexity index is 496. The van der Waals surface area contributed by atoms with E-state index in [0.29, 0.717) is 18.5 Å². The summed E-state index contributed by atoms with van der Waals surface area (Å²) in [5.74, 6) is -0.107. The first-order valence-corrected chi connectivity index (χ1v) is 7.23. The topological polar surface area (TPSA) is 66.4 Å². The standard InChI is InChI=1S/C16H21NO3/c18-10-2-9-17-16(20)8-7-15(19)14-6-5-12-3-1-4-13(12)11-14/h5-6,11,18H,1-4,7-10H2,(H,17,20). The second-order valence-electron chi connectivity index (χ2n) is 5.19. The van der Waals surface area contributed by atoms with Crippen molar-refractivity contribution in [1.82, 2.24) is 5.32 Å². The first-order chi connectivity index (χ1) is 9.70. The summed E-state index contributed by atoms with van der Waals surface area (Å²) < 4.78 is 0. The largest absolute Gasteiger partial charge is 0.396 e. The van der Waals surface area contributed by atoms with Gasteiger partial charge in [-0.15, -0.1) is 0 Å². The molecule has 0 aliphatic heterocycles. The van der Waals surface area contributed by atoms with Crippen LogP contribution in [0.3, 0.4) is 0 Å². The Morgan fingerprint density at radius 2 is 1.95 bits per heavy atom. The van der Waals surface area contributed by atoms with Crippen molar-refractivity contribution in [1.29, 1.82) is 0 Å². The third kappa shape index (κ3) is 3.90. The number of Topliss-reactive ketones (excluding diaryl/α,β-unsaturated/α-hetero) is 1. The molecular formula is C16H21NO3. The number of nitrogens with one attached hydrogen (secondary N) is 1. The molecule has 0 saturated carbocycles. The SMILES string of the molecule is O=C(CCC(=O)c1ccc2c(c1)CCC2)NCCCO. The first kappa shape index (κ1) is 14.7. The fourth-order valence-corrected chi connectivity index (χ4v) is 2.51. The maximum absolute atomic E-state index is 12.1. The van der Waals surface area contributed by atoms with Crippen molar-refractivity contribution in [2.24, 2.45) is 0 Å². The third-order valence-electron chi connectivity index (χ3n) is 3.66. The lowest BCUT2D eigenvalue weighted by molar-refractivity contribution is -0.121. The van der Waals surface area contributed by atoms with Crippen LogP contribution in [-0.2, 0) is 17.6 Å². The summed E-state index contributed by atoms with van der Waals surface area (Å²) in [6.07, 6.45) is 4.32. The lowest BCUT2D eigenvalue weighted by Gasteiger charge is -2.05. The summed E-state index contributed by atoms with van der Waals surface area (Å²) in [6, 6.07) is 5.89. The highest BCUT2D eigenvalue weighted by molar-refractivity contribution is 5.98. The number of hydrogen-bond acceptors (Lipinski definition) is 3. The molecule has 0 saturated heterocycles. The van der Waals surface area contributed by atoms with Gasteiger partial charge in [-0.3, -0.25) is 9.59 Å². The Kier molecular flexibility index (Phi) is 5.30. The minimum atomic E-state index is -0.132. The number of fused-ring (bicyclic) bond motifs is 1. The van der Waals surface area contributed by atoms with Crippen molar-refractivity contribution in [3.63, 3.8) is 0 Å². The van der Waals surface area contributed by atoms with Crippen molar-refractivity contribution in [3.8, 4) is 0 Å². The number of aliphatic hydroxyl groups is 1. The summed E-state index contributed by atoms with van der Waals surface area (Å²) in [5.41, 5.74) is 3.35. The lowest BCUT2D eigenvalue weighted by Crippen LogP contribution is -2.25. The highest BCUT2D eigenvalue weighted by Gasteiger charge is 2.14. The van der Waals surface area contributed by atoms with Gasteiger partial charge in [-0.25, -0.2) is 0 Å². The number of ketones is 1. The monoisotopic (exact) mass is 275 g/mol. The van der Waals surface area contributed by atoms with Crippen LogP contribution in [0.25, 0.3) is 0 Å². The Labute approximate surface area is 119 Å². The molecule has 1 aliphatic rings. The van der Waals surface area contributed by atoms with Gasteiger partial charge in [-0.1, -0.05) is 12.1 Å². The van der Waals surface area contributed by atoms with E-state index in [1.807, 2.05) is 18.2 Å². The molecule has 2 N–H and O–H groups in total. The Balaban J connectivity index is 1.81. The van der Waals surface area contributed by atoms with Crippen LogP contribution in [0.1, 0.15) is 47.2 Å². The predicted octanol–water partition coefficient (Wildman–Crippen LogP) is 1.64. The molecule has 0 unspecified atom stereocenters. The molecule has 0 atom stereocenters. The maximum Gasteiger partial charge on any atom is 0.220 e. The number of carbonyl (C=O) groups is 2. The van der Waals surface area contributed by atoms with Crippen molar-refractivity contribution in [3.05, 3.63) is 34.9 Å². The van der Waals surface area contributed by atoms with Gasteiger partial charge in [0.25, 0.3) is 0 Å². The molecule has 0 bridgehead atoms. The Morgan fingerprint density at radius 1 is 1.15 bits per heavy atom. The molecule has 0 spiro atoms. The van der Waals surface area contributed by atoms with Crippen molar-refractivity contribution >= 4 is 11.7 Å². The van der Waals surface area contributed by atoms with Gasteiger partial charge < -0.3 is 10.4 Å². The summed E-state index contributed by atoms with van der Waals surface area (Å²) in [7, 11) is 0. The zero-order valence-electron chi connectivity index (χ0n) is 11.7. The van der Waals surface area contributed by atoms with Gasteiger partial charge in [-0.05, 0) is 42.9 Å². The van der Waals surface area contributed by atoms with E-state index < -0.39 is 0 Å². The van der Waals surface area contributed by atoms with E-state index in [4.69, 9.17) is 5.11 Å². The van der Waals surface area contributed by atoms with E-state index >= 15 is 0 Å². The van der Waals surface area contributed by atoms with Gasteiger partial charge in [-0.2, -0.15) is 0 Å². The van der Waals surface area contributed by atoms with E-state index in [9.17, 15) is 9.59 Å². The van der Waals surface area contributed by atoms with Gasteiger partial charge in [0.1, 0.15) is 0 Å². The number of amides is 1. The van der Waals surface area contributed by atoms with E-state index in [2.05, 4.69) is 5.32 Å². The number of hydrogen-bond donors (Lipinski definition) is 2.